The fourth-order valence-corrected chi connectivity index (χ4v) is 3.55. The molecule has 0 bridgehead atoms. The Hall–Kier alpha value is -1.02. The van der Waals surface area contributed by atoms with Crippen molar-refractivity contribution in [2.24, 2.45) is 0 Å². The van der Waals surface area contributed by atoms with Crippen LogP contribution in [-0.2, 0) is 6.54 Å². The van der Waals surface area contributed by atoms with E-state index in [0.717, 1.165) is 44.1 Å². The molecule has 7 heteroatoms. The van der Waals surface area contributed by atoms with Crippen molar-refractivity contribution in [3.8, 4) is 0 Å². The van der Waals surface area contributed by atoms with E-state index in [1.807, 2.05) is 0 Å². The summed E-state index contributed by atoms with van der Waals surface area (Å²) in [6, 6.07) is 0.470. The minimum absolute atomic E-state index is 0.0202. The monoisotopic (exact) mass is 323 g/mol. The molecule has 1 aliphatic carbocycles. The van der Waals surface area contributed by atoms with E-state index in [2.05, 4.69) is 38.7 Å². The highest BCUT2D eigenvalue weighted by atomic mass is 16.3. The number of aliphatic hydroxyl groups excluding tert-OH is 2. The van der Waals surface area contributed by atoms with Gasteiger partial charge in [-0.1, -0.05) is 0 Å². The van der Waals surface area contributed by atoms with E-state index in [4.69, 9.17) is 0 Å². The van der Waals surface area contributed by atoms with Gasteiger partial charge in [0.05, 0.1) is 25.8 Å². The van der Waals surface area contributed by atoms with Gasteiger partial charge in [-0.3, -0.25) is 4.90 Å². The summed E-state index contributed by atoms with van der Waals surface area (Å²) in [6.07, 6.45) is 4.51. The molecule has 23 heavy (non-hydrogen) atoms. The molecule has 1 aromatic rings. The van der Waals surface area contributed by atoms with Crippen LogP contribution in [0.2, 0.25) is 0 Å². The van der Waals surface area contributed by atoms with Crippen molar-refractivity contribution in [1.29, 1.82) is 0 Å². The molecule has 2 heterocycles. The van der Waals surface area contributed by atoms with E-state index >= 15 is 0 Å². The second-order valence-corrected chi connectivity index (χ2v) is 7.14. The standard InChI is InChI=1S/C16H29N5O2/c1-19(2)9-15-17-18-16(21(15)13-3-4-13)12-5-7-20(8-6-12)14(10-22)11-23/h12-14,22-23H,3-11H2,1-2H3. The van der Waals surface area contributed by atoms with Crippen molar-refractivity contribution in [1.82, 2.24) is 24.6 Å². The van der Waals surface area contributed by atoms with Gasteiger partial charge in [0.25, 0.3) is 0 Å². The van der Waals surface area contributed by atoms with E-state index < -0.39 is 0 Å². The summed E-state index contributed by atoms with van der Waals surface area (Å²) in [5, 5.41) is 27.7. The lowest BCUT2D eigenvalue weighted by Crippen LogP contribution is -2.45. The molecule has 1 saturated carbocycles. The van der Waals surface area contributed by atoms with Gasteiger partial charge < -0.3 is 19.7 Å². The number of hydrogen-bond acceptors (Lipinski definition) is 6. The Bertz CT molecular complexity index is 503. The molecular formula is C16H29N5O2. The van der Waals surface area contributed by atoms with Crippen molar-refractivity contribution in [3.63, 3.8) is 0 Å². The zero-order valence-corrected chi connectivity index (χ0v) is 14.2. The number of nitrogens with zero attached hydrogens (tertiary/aromatic N) is 5. The van der Waals surface area contributed by atoms with Crippen LogP contribution in [0, 0.1) is 0 Å². The smallest absolute Gasteiger partial charge is 0.147 e. The first-order chi connectivity index (χ1) is 11.1. The predicted molar refractivity (Wildman–Crippen MR) is 87.2 cm³/mol. The van der Waals surface area contributed by atoms with Crippen LogP contribution >= 0.6 is 0 Å². The maximum Gasteiger partial charge on any atom is 0.147 e. The van der Waals surface area contributed by atoms with Gasteiger partial charge in [-0.05, 0) is 52.9 Å². The largest absolute Gasteiger partial charge is 0.395 e. The molecule has 0 atom stereocenters. The first kappa shape index (κ1) is 16.8. The molecule has 0 amide bonds. The summed E-state index contributed by atoms with van der Waals surface area (Å²) in [6.45, 7) is 2.67. The fraction of sp³-hybridized carbons (Fsp3) is 0.875. The highest BCUT2D eigenvalue weighted by Crippen LogP contribution is 2.40. The van der Waals surface area contributed by atoms with E-state index in [1.165, 1.54) is 12.8 Å². The lowest BCUT2D eigenvalue weighted by atomic mass is 9.95. The third-order valence-corrected chi connectivity index (χ3v) is 5.00. The van der Waals surface area contributed by atoms with Gasteiger partial charge in [0, 0.05) is 12.0 Å². The third-order valence-electron chi connectivity index (χ3n) is 5.00. The molecule has 2 N–H and O–H groups in total. The van der Waals surface area contributed by atoms with Crippen LogP contribution < -0.4 is 0 Å². The Balaban J connectivity index is 1.70. The summed E-state index contributed by atoms with van der Waals surface area (Å²) in [4.78, 5) is 4.33. The average Bonchev–Trinajstić information content (AvgIpc) is 3.30. The van der Waals surface area contributed by atoms with E-state index in [-0.39, 0.29) is 19.3 Å². The molecule has 7 nitrogen and oxygen atoms in total. The van der Waals surface area contributed by atoms with Crippen molar-refractivity contribution in [3.05, 3.63) is 11.6 Å². The maximum atomic E-state index is 9.34. The van der Waals surface area contributed by atoms with Gasteiger partial charge in [0.2, 0.25) is 0 Å². The van der Waals surface area contributed by atoms with Crippen molar-refractivity contribution in [2.75, 3.05) is 40.4 Å². The molecule has 2 aliphatic rings. The first-order valence-electron chi connectivity index (χ1n) is 8.68. The van der Waals surface area contributed by atoms with Gasteiger partial charge in [0.1, 0.15) is 11.6 Å². The molecule has 1 saturated heterocycles. The summed E-state index contributed by atoms with van der Waals surface area (Å²) < 4.78 is 2.38. The van der Waals surface area contributed by atoms with E-state index in [9.17, 15) is 10.2 Å². The highest BCUT2D eigenvalue weighted by Gasteiger charge is 2.34. The molecule has 2 fully saturated rings. The number of aliphatic hydroxyl groups is 2. The van der Waals surface area contributed by atoms with Gasteiger partial charge in [-0.25, -0.2) is 0 Å². The van der Waals surface area contributed by atoms with Crippen LogP contribution in [0.5, 0.6) is 0 Å². The minimum Gasteiger partial charge on any atom is -0.395 e. The highest BCUT2D eigenvalue weighted by molar-refractivity contribution is 5.09. The van der Waals surface area contributed by atoms with Crippen molar-refractivity contribution >= 4 is 0 Å². The Kier molecular flexibility index (Phi) is 5.31. The Morgan fingerprint density at radius 2 is 1.74 bits per heavy atom. The zero-order chi connectivity index (χ0) is 16.4. The lowest BCUT2D eigenvalue weighted by molar-refractivity contribution is 0.0560. The van der Waals surface area contributed by atoms with Gasteiger partial charge in [-0.2, -0.15) is 0 Å². The molecule has 1 aliphatic heterocycles. The summed E-state index contributed by atoms with van der Waals surface area (Å²) in [7, 11) is 4.13. The van der Waals surface area contributed by atoms with Crippen molar-refractivity contribution in [2.45, 2.75) is 50.2 Å². The number of likely N-dealkylation sites (tertiary alicyclic amines) is 1. The predicted octanol–water partition coefficient (Wildman–Crippen LogP) is 0.207. The molecule has 130 valence electrons. The molecule has 0 aromatic carbocycles. The van der Waals surface area contributed by atoms with Crippen LogP contribution in [0.25, 0.3) is 0 Å². The molecule has 0 spiro atoms. The molecule has 3 rings (SSSR count). The summed E-state index contributed by atoms with van der Waals surface area (Å²) >= 11 is 0. The number of piperidine rings is 1. The van der Waals surface area contributed by atoms with Crippen LogP contribution in [0.4, 0.5) is 0 Å². The maximum absolute atomic E-state index is 9.34. The number of hydrogen-bond donors (Lipinski definition) is 2. The number of aromatic nitrogens is 3. The first-order valence-corrected chi connectivity index (χ1v) is 8.68. The molecule has 0 radical (unpaired) electrons. The number of rotatable bonds is 7. The van der Waals surface area contributed by atoms with E-state index in [0.29, 0.717) is 12.0 Å². The van der Waals surface area contributed by atoms with Crippen LogP contribution in [0.1, 0.15) is 49.3 Å². The SMILES string of the molecule is CN(C)Cc1nnc(C2CCN(C(CO)CO)CC2)n1C1CC1. The quantitative estimate of drug-likeness (QED) is 0.747. The zero-order valence-electron chi connectivity index (χ0n) is 14.2. The Morgan fingerprint density at radius 3 is 2.26 bits per heavy atom. The minimum atomic E-state index is -0.124. The van der Waals surface area contributed by atoms with Crippen LogP contribution in [0.15, 0.2) is 0 Å². The van der Waals surface area contributed by atoms with Crippen LogP contribution in [-0.4, -0.2) is 81.2 Å². The normalized spacial score (nSPS) is 20.8. The fourth-order valence-electron chi connectivity index (χ4n) is 3.55. The topological polar surface area (TPSA) is 77.7 Å². The Labute approximate surface area is 137 Å². The molecular weight excluding hydrogens is 294 g/mol. The molecule has 0 unspecified atom stereocenters. The van der Waals surface area contributed by atoms with Crippen LogP contribution in [0.3, 0.4) is 0 Å². The van der Waals surface area contributed by atoms with E-state index in [1.54, 1.807) is 0 Å². The van der Waals surface area contributed by atoms with Gasteiger partial charge in [-0.15, -0.1) is 10.2 Å². The second kappa shape index (κ2) is 7.25. The summed E-state index contributed by atoms with van der Waals surface area (Å²) in [5.74, 6) is 2.67. The lowest BCUT2D eigenvalue weighted by Gasteiger charge is -2.35. The Morgan fingerprint density at radius 1 is 1.09 bits per heavy atom. The summed E-state index contributed by atoms with van der Waals surface area (Å²) in [5.41, 5.74) is 0. The average molecular weight is 323 g/mol. The molecule has 1 aromatic heterocycles. The third kappa shape index (κ3) is 3.74. The second-order valence-electron chi connectivity index (χ2n) is 7.14. The van der Waals surface area contributed by atoms with Crippen molar-refractivity contribution < 1.29 is 10.2 Å². The van der Waals surface area contributed by atoms with Gasteiger partial charge in [0.15, 0.2) is 0 Å². The van der Waals surface area contributed by atoms with Gasteiger partial charge >= 0.3 is 0 Å².